The van der Waals surface area contributed by atoms with Crippen LogP contribution in [0.3, 0.4) is 0 Å². The van der Waals surface area contributed by atoms with Crippen molar-refractivity contribution in [3.63, 3.8) is 0 Å². The SMILES string of the molecule is CCC=NN(C)C1=NOCc2ccc(Cl)cc21. The van der Waals surface area contributed by atoms with Crippen molar-refractivity contribution in [3.05, 3.63) is 34.3 Å². The maximum Gasteiger partial charge on any atom is 0.195 e. The number of fused-ring (bicyclic) bond motifs is 1. The summed E-state index contributed by atoms with van der Waals surface area (Å²) < 4.78 is 0. The lowest BCUT2D eigenvalue weighted by atomic mass is 10.1. The second kappa shape index (κ2) is 5.19. The van der Waals surface area contributed by atoms with Crippen LogP contribution in [0.4, 0.5) is 0 Å². The third kappa shape index (κ3) is 2.58. The van der Waals surface area contributed by atoms with Crippen molar-refractivity contribution in [1.82, 2.24) is 5.01 Å². The predicted octanol–water partition coefficient (Wildman–Crippen LogP) is 2.86. The van der Waals surface area contributed by atoms with E-state index in [0.29, 0.717) is 17.5 Å². The van der Waals surface area contributed by atoms with Crippen LogP contribution in [0.1, 0.15) is 24.5 Å². The number of oxime groups is 1. The molecule has 90 valence electrons. The van der Waals surface area contributed by atoms with Crippen LogP contribution in [0.15, 0.2) is 28.5 Å². The van der Waals surface area contributed by atoms with Crippen molar-refractivity contribution in [3.8, 4) is 0 Å². The molecule has 0 N–H and O–H groups in total. The summed E-state index contributed by atoms with van der Waals surface area (Å²) in [6, 6.07) is 5.68. The highest BCUT2D eigenvalue weighted by atomic mass is 35.5. The molecule has 0 saturated heterocycles. The predicted molar refractivity (Wildman–Crippen MR) is 69.3 cm³/mol. The molecule has 0 aliphatic carbocycles. The van der Waals surface area contributed by atoms with Crippen LogP contribution in [-0.4, -0.2) is 24.1 Å². The van der Waals surface area contributed by atoms with E-state index in [1.165, 1.54) is 0 Å². The summed E-state index contributed by atoms with van der Waals surface area (Å²) in [6.45, 7) is 2.50. The Morgan fingerprint density at radius 2 is 2.41 bits per heavy atom. The number of benzene rings is 1. The Kier molecular flexibility index (Phi) is 3.64. The molecular weight excluding hydrogens is 238 g/mol. The molecule has 0 amide bonds. The third-order valence-electron chi connectivity index (χ3n) is 2.43. The maximum atomic E-state index is 6.00. The molecule has 17 heavy (non-hydrogen) atoms. The highest BCUT2D eigenvalue weighted by molar-refractivity contribution is 6.31. The van der Waals surface area contributed by atoms with E-state index in [9.17, 15) is 0 Å². The Balaban J connectivity index is 2.34. The van der Waals surface area contributed by atoms with E-state index in [0.717, 1.165) is 17.5 Å². The summed E-state index contributed by atoms with van der Waals surface area (Å²) >= 11 is 6.00. The van der Waals surface area contributed by atoms with Crippen LogP contribution in [0.2, 0.25) is 5.02 Å². The van der Waals surface area contributed by atoms with Crippen molar-refractivity contribution in [2.75, 3.05) is 7.05 Å². The molecule has 0 unspecified atom stereocenters. The van der Waals surface area contributed by atoms with Crippen LogP contribution >= 0.6 is 11.6 Å². The first-order valence-electron chi connectivity index (χ1n) is 5.47. The maximum absolute atomic E-state index is 6.00. The molecule has 0 bridgehead atoms. The summed E-state index contributed by atoms with van der Waals surface area (Å²) in [5, 5.41) is 10.7. The van der Waals surface area contributed by atoms with Gasteiger partial charge < -0.3 is 4.84 Å². The summed E-state index contributed by atoms with van der Waals surface area (Å²) in [4.78, 5) is 5.18. The van der Waals surface area contributed by atoms with Crippen molar-refractivity contribution >= 4 is 23.7 Å². The van der Waals surface area contributed by atoms with Gasteiger partial charge in [0.2, 0.25) is 0 Å². The highest BCUT2D eigenvalue weighted by Crippen LogP contribution is 2.22. The number of rotatable bonds is 2. The quantitative estimate of drug-likeness (QED) is 0.599. The van der Waals surface area contributed by atoms with E-state index >= 15 is 0 Å². The summed E-state index contributed by atoms with van der Waals surface area (Å²) in [5.41, 5.74) is 2.04. The molecule has 1 heterocycles. The highest BCUT2D eigenvalue weighted by Gasteiger charge is 2.19. The molecule has 4 nitrogen and oxygen atoms in total. The van der Waals surface area contributed by atoms with Crippen LogP contribution in [0.25, 0.3) is 0 Å². The number of hydrogen-bond acceptors (Lipinski definition) is 4. The van der Waals surface area contributed by atoms with Crippen LogP contribution < -0.4 is 0 Å². The van der Waals surface area contributed by atoms with E-state index in [1.807, 2.05) is 38.4 Å². The van der Waals surface area contributed by atoms with Gasteiger partial charge in [-0.25, -0.2) is 5.01 Å². The van der Waals surface area contributed by atoms with E-state index in [-0.39, 0.29) is 0 Å². The molecule has 0 spiro atoms. The van der Waals surface area contributed by atoms with Crippen LogP contribution in [-0.2, 0) is 11.4 Å². The summed E-state index contributed by atoms with van der Waals surface area (Å²) in [6.07, 6.45) is 2.70. The number of hydrazone groups is 1. The second-order valence-electron chi connectivity index (χ2n) is 3.72. The molecular formula is C12H14ClN3O. The minimum absolute atomic E-state index is 0.474. The largest absolute Gasteiger partial charge is 0.389 e. The standard InChI is InChI=1S/C12H14ClN3O/c1-3-6-14-16(2)12-11-7-10(13)5-4-9(11)8-17-15-12/h4-7H,3,8H2,1-2H3. The van der Waals surface area contributed by atoms with Gasteiger partial charge in [0.05, 0.1) is 0 Å². The molecule has 1 aromatic rings. The molecule has 1 aliphatic heterocycles. The Morgan fingerprint density at radius 3 is 3.18 bits per heavy atom. The molecule has 0 saturated carbocycles. The zero-order chi connectivity index (χ0) is 12.3. The lowest BCUT2D eigenvalue weighted by Gasteiger charge is -2.21. The minimum atomic E-state index is 0.474. The van der Waals surface area contributed by atoms with Gasteiger partial charge in [0.1, 0.15) is 6.61 Å². The fourth-order valence-corrected chi connectivity index (χ4v) is 1.76. The third-order valence-corrected chi connectivity index (χ3v) is 2.66. The molecule has 1 aromatic carbocycles. The van der Waals surface area contributed by atoms with Gasteiger partial charge in [-0.05, 0) is 18.6 Å². The topological polar surface area (TPSA) is 37.2 Å². The first kappa shape index (κ1) is 11.9. The van der Waals surface area contributed by atoms with Crippen LogP contribution in [0.5, 0.6) is 0 Å². The molecule has 1 aliphatic rings. The summed E-state index contributed by atoms with van der Waals surface area (Å²) in [5.74, 6) is 0.679. The second-order valence-corrected chi connectivity index (χ2v) is 4.16. The van der Waals surface area contributed by atoms with Crippen molar-refractivity contribution in [1.29, 1.82) is 0 Å². The number of hydrogen-bond donors (Lipinski definition) is 0. The van der Waals surface area contributed by atoms with Crippen molar-refractivity contribution in [2.24, 2.45) is 10.3 Å². The Bertz CT molecular complexity index is 471. The number of nitrogens with zero attached hydrogens (tertiary/aromatic N) is 3. The molecule has 0 atom stereocenters. The molecule has 0 aromatic heterocycles. The molecule has 5 heteroatoms. The first-order chi connectivity index (χ1) is 8.22. The zero-order valence-corrected chi connectivity index (χ0v) is 10.6. The Hall–Kier alpha value is -1.55. The molecule has 2 rings (SSSR count). The average Bonchev–Trinajstić information content (AvgIpc) is 2.35. The van der Waals surface area contributed by atoms with E-state index in [4.69, 9.17) is 16.4 Å². The minimum Gasteiger partial charge on any atom is -0.389 e. The van der Waals surface area contributed by atoms with E-state index < -0.39 is 0 Å². The number of halogens is 1. The van der Waals surface area contributed by atoms with Gasteiger partial charge in [-0.1, -0.05) is 29.7 Å². The van der Waals surface area contributed by atoms with Gasteiger partial charge in [-0.2, -0.15) is 5.10 Å². The van der Waals surface area contributed by atoms with Crippen molar-refractivity contribution < 1.29 is 4.84 Å². The number of amidine groups is 1. The van der Waals surface area contributed by atoms with E-state index in [1.54, 1.807) is 5.01 Å². The molecule has 0 fully saturated rings. The fraction of sp³-hybridized carbons (Fsp3) is 0.333. The van der Waals surface area contributed by atoms with Gasteiger partial charge in [-0.15, -0.1) is 0 Å². The lowest BCUT2D eigenvalue weighted by molar-refractivity contribution is 0.121. The zero-order valence-electron chi connectivity index (χ0n) is 9.85. The normalized spacial score (nSPS) is 14.2. The average molecular weight is 252 g/mol. The fourth-order valence-electron chi connectivity index (χ4n) is 1.59. The Morgan fingerprint density at radius 1 is 1.59 bits per heavy atom. The smallest absolute Gasteiger partial charge is 0.195 e. The van der Waals surface area contributed by atoms with Gasteiger partial charge in [0.25, 0.3) is 0 Å². The van der Waals surface area contributed by atoms with Gasteiger partial charge in [0, 0.05) is 29.4 Å². The first-order valence-corrected chi connectivity index (χ1v) is 5.85. The molecule has 0 radical (unpaired) electrons. The monoisotopic (exact) mass is 251 g/mol. The van der Waals surface area contributed by atoms with E-state index in [2.05, 4.69) is 10.3 Å². The van der Waals surface area contributed by atoms with Gasteiger partial charge in [0.15, 0.2) is 5.84 Å². The lowest BCUT2D eigenvalue weighted by Crippen LogP contribution is -2.26. The summed E-state index contributed by atoms with van der Waals surface area (Å²) in [7, 11) is 1.84. The van der Waals surface area contributed by atoms with Crippen molar-refractivity contribution in [2.45, 2.75) is 20.0 Å². The van der Waals surface area contributed by atoms with Gasteiger partial charge in [-0.3, -0.25) is 0 Å². The Labute approximate surface area is 106 Å². The van der Waals surface area contributed by atoms with Crippen LogP contribution in [0, 0.1) is 0 Å². The van der Waals surface area contributed by atoms with Gasteiger partial charge >= 0.3 is 0 Å².